The Kier molecular flexibility index (Phi) is 7.29. The van der Waals surface area contributed by atoms with Crippen LogP contribution in [0.15, 0.2) is 18.2 Å². The first-order chi connectivity index (χ1) is 12.4. The van der Waals surface area contributed by atoms with Crippen LogP contribution in [-0.4, -0.2) is 68.2 Å². The van der Waals surface area contributed by atoms with Crippen LogP contribution in [0.25, 0.3) is 0 Å². The lowest BCUT2D eigenvalue weighted by molar-refractivity contribution is -0.124. The second kappa shape index (κ2) is 9.24. The molecule has 0 unspecified atom stereocenters. The summed E-state index contributed by atoms with van der Waals surface area (Å²) in [4.78, 5) is 16.8. The predicted octanol–water partition coefficient (Wildman–Crippen LogP) is 2.13. The second-order valence-electron chi connectivity index (χ2n) is 7.53. The van der Waals surface area contributed by atoms with Crippen LogP contribution in [0.2, 0.25) is 0 Å². The number of ether oxygens (including phenoxy) is 2. The van der Waals surface area contributed by atoms with Gasteiger partial charge in [-0.25, -0.2) is 0 Å². The zero-order valence-electron chi connectivity index (χ0n) is 16.8. The molecule has 1 aliphatic rings. The van der Waals surface area contributed by atoms with Gasteiger partial charge in [0.25, 0.3) is 0 Å². The Labute approximate surface area is 157 Å². The van der Waals surface area contributed by atoms with Crippen LogP contribution in [0.5, 0.6) is 11.5 Å². The van der Waals surface area contributed by atoms with Gasteiger partial charge in [0, 0.05) is 38.3 Å². The standard InChI is InChI=1S/C20H33N3O3/c1-6-20(2,3)21-19(24)15-23-11-9-22(10-12-23)14-16-7-8-17(25-4)18(13-16)26-5/h7-8,13H,6,9-12,14-15H2,1-5H3,(H,21,24). The van der Waals surface area contributed by atoms with Crippen molar-refractivity contribution in [3.8, 4) is 11.5 Å². The second-order valence-corrected chi connectivity index (χ2v) is 7.53. The highest BCUT2D eigenvalue weighted by molar-refractivity contribution is 5.78. The van der Waals surface area contributed by atoms with Crippen LogP contribution < -0.4 is 14.8 Å². The molecule has 0 aromatic heterocycles. The summed E-state index contributed by atoms with van der Waals surface area (Å²) < 4.78 is 10.7. The van der Waals surface area contributed by atoms with Gasteiger partial charge in [-0.3, -0.25) is 14.6 Å². The van der Waals surface area contributed by atoms with E-state index in [0.29, 0.717) is 6.54 Å². The van der Waals surface area contributed by atoms with Crippen molar-refractivity contribution in [1.82, 2.24) is 15.1 Å². The van der Waals surface area contributed by atoms with Crippen molar-refractivity contribution in [3.63, 3.8) is 0 Å². The van der Waals surface area contributed by atoms with E-state index in [0.717, 1.165) is 50.6 Å². The Bertz CT molecular complexity index is 596. The number of carbonyl (C=O) groups excluding carboxylic acids is 1. The van der Waals surface area contributed by atoms with E-state index < -0.39 is 0 Å². The maximum atomic E-state index is 12.2. The summed E-state index contributed by atoms with van der Waals surface area (Å²) in [6.45, 7) is 11.3. The van der Waals surface area contributed by atoms with Crippen LogP contribution in [0.4, 0.5) is 0 Å². The maximum absolute atomic E-state index is 12.2. The maximum Gasteiger partial charge on any atom is 0.234 e. The molecule has 1 amide bonds. The molecule has 1 fully saturated rings. The number of nitrogens with zero attached hydrogens (tertiary/aromatic N) is 2. The molecule has 0 bridgehead atoms. The molecule has 2 rings (SSSR count). The van der Waals surface area contributed by atoms with Gasteiger partial charge in [0.15, 0.2) is 11.5 Å². The molecule has 1 saturated heterocycles. The van der Waals surface area contributed by atoms with Gasteiger partial charge < -0.3 is 14.8 Å². The number of carbonyl (C=O) groups is 1. The van der Waals surface area contributed by atoms with Gasteiger partial charge in [-0.05, 0) is 38.0 Å². The molecule has 1 aromatic rings. The number of nitrogens with one attached hydrogen (secondary N) is 1. The predicted molar refractivity (Wildman–Crippen MR) is 104 cm³/mol. The van der Waals surface area contributed by atoms with Gasteiger partial charge in [-0.15, -0.1) is 0 Å². The first-order valence-electron chi connectivity index (χ1n) is 9.33. The summed E-state index contributed by atoms with van der Waals surface area (Å²) >= 11 is 0. The van der Waals surface area contributed by atoms with Gasteiger partial charge in [-0.1, -0.05) is 13.0 Å². The number of piperazine rings is 1. The molecule has 0 atom stereocenters. The summed E-state index contributed by atoms with van der Waals surface area (Å²) in [5.74, 6) is 1.63. The average molecular weight is 364 g/mol. The zero-order valence-corrected chi connectivity index (χ0v) is 16.8. The average Bonchev–Trinajstić information content (AvgIpc) is 2.62. The minimum absolute atomic E-state index is 0.116. The van der Waals surface area contributed by atoms with Crippen LogP contribution in [-0.2, 0) is 11.3 Å². The molecule has 0 radical (unpaired) electrons. The van der Waals surface area contributed by atoms with Gasteiger partial charge >= 0.3 is 0 Å². The number of rotatable bonds is 8. The van der Waals surface area contributed by atoms with Gasteiger partial charge in [-0.2, -0.15) is 0 Å². The van der Waals surface area contributed by atoms with E-state index in [-0.39, 0.29) is 11.4 Å². The molecule has 26 heavy (non-hydrogen) atoms. The van der Waals surface area contributed by atoms with E-state index in [9.17, 15) is 4.79 Å². The molecular formula is C20H33N3O3. The molecule has 6 nitrogen and oxygen atoms in total. The minimum Gasteiger partial charge on any atom is -0.493 e. The molecule has 1 aliphatic heterocycles. The van der Waals surface area contributed by atoms with Crippen molar-refractivity contribution in [2.24, 2.45) is 0 Å². The van der Waals surface area contributed by atoms with E-state index in [2.05, 4.69) is 42.0 Å². The number of hydrogen-bond acceptors (Lipinski definition) is 5. The van der Waals surface area contributed by atoms with Crippen molar-refractivity contribution >= 4 is 5.91 Å². The summed E-state index contributed by atoms with van der Waals surface area (Å²) in [6, 6.07) is 6.06. The molecule has 146 valence electrons. The van der Waals surface area contributed by atoms with Gasteiger partial charge in [0.1, 0.15) is 0 Å². The molecule has 1 N–H and O–H groups in total. The Balaban J connectivity index is 1.81. The van der Waals surface area contributed by atoms with Crippen LogP contribution in [0, 0.1) is 0 Å². The third kappa shape index (κ3) is 5.88. The monoisotopic (exact) mass is 363 g/mol. The lowest BCUT2D eigenvalue weighted by Crippen LogP contribution is -2.52. The van der Waals surface area contributed by atoms with E-state index in [4.69, 9.17) is 9.47 Å². The molecule has 0 saturated carbocycles. The summed E-state index contributed by atoms with van der Waals surface area (Å²) in [5, 5.41) is 3.11. The van der Waals surface area contributed by atoms with Crippen molar-refractivity contribution in [2.75, 3.05) is 46.9 Å². The van der Waals surface area contributed by atoms with Crippen LogP contribution in [0.1, 0.15) is 32.8 Å². The fourth-order valence-electron chi connectivity index (χ4n) is 3.05. The molecule has 0 spiro atoms. The number of amides is 1. The smallest absolute Gasteiger partial charge is 0.234 e. The van der Waals surface area contributed by atoms with Gasteiger partial charge in [0.05, 0.1) is 20.8 Å². The highest BCUT2D eigenvalue weighted by Gasteiger charge is 2.22. The van der Waals surface area contributed by atoms with Crippen LogP contribution in [0.3, 0.4) is 0 Å². The third-order valence-corrected chi connectivity index (χ3v) is 5.05. The van der Waals surface area contributed by atoms with E-state index >= 15 is 0 Å². The Morgan fingerprint density at radius 2 is 1.69 bits per heavy atom. The SMILES string of the molecule is CCC(C)(C)NC(=O)CN1CCN(Cc2ccc(OC)c(OC)c2)CC1. The summed E-state index contributed by atoms with van der Waals surface area (Å²) in [6.07, 6.45) is 0.928. The topological polar surface area (TPSA) is 54.0 Å². The number of hydrogen-bond donors (Lipinski definition) is 1. The number of methoxy groups -OCH3 is 2. The Morgan fingerprint density at radius 1 is 1.08 bits per heavy atom. The highest BCUT2D eigenvalue weighted by atomic mass is 16.5. The third-order valence-electron chi connectivity index (χ3n) is 5.05. The summed E-state index contributed by atoms with van der Waals surface area (Å²) in [5.41, 5.74) is 1.07. The van der Waals surface area contributed by atoms with Crippen molar-refractivity contribution in [2.45, 2.75) is 39.3 Å². The fourth-order valence-corrected chi connectivity index (χ4v) is 3.05. The lowest BCUT2D eigenvalue weighted by Gasteiger charge is -2.35. The van der Waals surface area contributed by atoms with Gasteiger partial charge in [0.2, 0.25) is 5.91 Å². The lowest BCUT2D eigenvalue weighted by atomic mass is 10.0. The molecular weight excluding hydrogens is 330 g/mol. The fraction of sp³-hybridized carbons (Fsp3) is 0.650. The van der Waals surface area contributed by atoms with E-state index in [1.807, 2.05) is 12.1 Å². The zero-order chi connectivity index (χ0) is 19.2. The molecule has 1 aromatic carbocycles. The van der Waals surface area contributed by atoms with E-state index in [1.54, 1.807) is 14.2 Å². The van der Waals surface area contributed by atoms with Crippen molar-refractivity contribution in [3.05, 3.63) is 23.8 Å². The van der Waals surface area contributed by atoms with E-state index in [1.165, 1.54) is 5.56 Å². The normalized spacial score (nSPS) is 16.3. The largest absolute Gasteiger partial charge is 0.493 e. The molecule has 0 aliphatic carbocycles. The molecule has 6 heteroatoms. The first-order valence-corrected chi connectivity index (χ1v) is 9.33. The van der Waals surface area contributed by atoms with Crippen LogP contribution >= 0.6 is 0 Å². The Morgan fingerprint density at radius 3 is 2.27 bits per heavy atom. The Hall–Kier alpha value is -1.79. The first kappa shape index (κ1) is 20.5. The molecule has 1 heterocycles. The van der Waals surface area contributed by atoms with Crippen molar-refractivity contribution in [1.29, 1.82) is 0 Å². The van der Waals surface area contributed by atoms with Crippen molar-refractivity contribution < 1.29 is 14.3 Å². The minimum atomic E-state index is -0.133. The quantitative estimate of drug-likeness (QED) is 0.767. The summed E-state index contributed by atoms with van der Waals surface area (Å²) in [7, 11) is 3.31. The highest BCUT2D eigenvalue weighted by Crippen LogP contribution is 2.28. The number of benzene rings is 1.